The Morgan fingerprint density at radius 1 is 1.27 bits per heavy atom. The maximum atomic E-state index is 11.9. The van der Waals surface area contributed by atoms with Gasteiger partial charge >= 0.3 is 5.97 Å². The summed E-state index contributed by atoms with van der Waals surface area (Å²) in [6.07, 6.45) is 1.22. The number of esters is 1. The van der Waals surface area contributed by atoms with E-state index >= 15 is 0 Å². The first kappa shape index (κ1) is 19.2. The first-order valence-electron chi connectivity index (χ1n) is 8.29. The van der Waals surface area contributed by atoms with Crippen LogP contribution in [0, 0.1) is 5.92 Å². The van der Waals surface area contributed by atoms with Crippen LogP contribution < -0.4 is 0 Å². The second-order valence-electron chi connectivity index (χ2n) is 8.02. The lowest BCUT2D eigenvalue weighted by Gasteiger charge is -2.39. The lowest BCUT2D eigenvalue weighted by atomic mass is 9.96. The fourth-order valence-electron chi connectivity index (χ4n) is 2.36. The molecular formula is C17H33NO3Si. The first-order valence-corrected chi connectivity index (χ1v) is 12.0. The summed E-state index contributed by atoms with van der Waals surface area (Å²) in [5.41, 5.74) is 0.945. The molecule has 4 nitrogen and oxygen atoms in total. The van der Waals surface area contributed by atoms with Gasteiger partial charge in [-0.05, 0) is 25.8 Å². The van der Waals surface area contributed by atoms with Crippen molar-refractivity contribution in [2.24, 2.45) is 5.92 Å². The highest BCUT2D eigenvalue weighted by molar-refractivity contribution is 6.76. The molecule has 0 unspecified atom stereocenters. The minimum Gasteiger partial charge on any atom is -0.456 e. The minimum atomic E-state index is -1.14. The predicted octanol–water partition coefficient (Wildman–Crippen LogP) is 3.52. The summed E-state index contributed by atoms with van der Waals surface area (Å²) in [4.78, 5) is 14.0. The average Bonchev–Trinajstić information content (AvgIpc) is 2.37. The fourth-order valence-corrected chi connectivity index (χ4v) is 3.09. The molecule has 128 valence electrons. The summed E-state index contributed by atoms with van der Waals surface area (Å²) in [5.74, 6) is -0.0312. The number of cyclic esters (lactones) is 1. The van der Waals surface area contributed by atoms with Gasteiger partial charge in [0.2, 0.25) is 0 Å². The molecule has 0 saturated carbocycles. The number of likely N-dealkylation sites (N-methyl/N-ethyl adjacent to an activating group) is 1. The first-order chi connectivity index (χ1) is 10.0. The van der Waals surface area contributed by atoms with Gasteiger partial charge in [-0.1, -0.05) is 33.5 Å². The topological polar surface area (TPSA) is 38.8 Å². The van der Waals surface area contributed by atoms with Gasteiger partial charge in [0.1, 0.15) is 12.2 Å². The molecule has 2 atom stereocenters. The standard InChI is InChI=1S/C17H33NO3Si/c1-12(2)16-17(20-9-10-22(6,7)8)14(11-15(19)21-16)18(5)13(3)4/h11-13,16-17H,9-10H2,1-8H3/t16-,17-/m0/s1. The van der Waals surface area contributed by atoms with Crippen LogP contribution in [0.4, 0.5) is 0 Å². The van der Waals surface area contributed by atoms with Gasteiger partial charge in [0, 0.05) is 33.8 Å². The molecule has 0 radical (unpaired) electrons. The van der Waals surface area contributed by atoms with E-state index in [0.717, 1.165) is 18.3 Å². The highest BCUT2D eigenvalue weighted by Gasteiger charge is 2.38. The fraction of sp³-hybridized carbons (Fsp3) is 0.824. The second kappa shape index (κ2) is 7.64. The van der Waals surface area contributed by atoms with Crippen LogP contribution in [0.3, 0.4) is 0 Å². The molecule has 0 aromatic carbocycles. The zero-order valence-electron chi connectivity index (χ0n) is 15.5. The van der Waals surface area contributed by atoms with Crippen molar-refractivity contribution in [3.05, 3.63) is 11.8 Å². The van der Waals surface area contributed by atoms with Crippen molar-refractivity contribution in [2.45, 2.75) is 71.6 Å². The van der Waals surface area contributed by atoms with Gasteiger partial charge in [0.05, 0.1) is 5.70 Å². The molecule has 1 rings (SSSR count). The minimum absolute atomic E-state index is 0.165. The summed E-state index contributed by atoms with van der Waals surface area (Å²) < 4.78 is 11.8. The smallest absolute Gasteiger partial charge is 0.333 e. The van der Waals surface area contributed by atoms with Crippen molar-refractivity contribution in [1.82, 2.24) is 4.90 Å². The van der Waals surface area contributed by atoms with Gasteiger partial charge in [-0.25, -0.2) is 4.79 Å². The Balaban J connectivity index is 2.95. The molecule has 0 aromatic heterocycles. The molecule has 0 N–H and O–H groups in total. The molecule has 0 aliphatic carbocycles. The van der Waals surface area contributed by atoms with Gasteiger partial charge in [-0.2, -0.15) is 0 Å². The van der Waals surface area contributed by atoms with Gasteiger partial charge in [-0.15, -0.1) is 0 Å². The Kier molecular flexibility index (Phi) is 6.68. The highest BCUT2D eigenvalue weighted by atomic mass is 28.3. The van der Waals surface area contributed by atoms with Crippen LogP contribution in [0.5, 0.6) is 0 Å². The van der Waals surface area contributed by atoms with Crippen LogP contribution in [0.25, 0.3) is 0 Å². The van der Waals surface area contributed by atoms with Crippen molar-refractivity contribution in [3.63, 3.8) is 0 Å². The Morgan fingerprint density at radius 3 is 2.32 bits per heavy atom. The molecule has 0 fully saturated rings. The Hall–Kier alpha value is -0.813. The highest BCUT2D eigenvalue weighted by Crippen LogP contribution is 2.28. The monoisotopic (exact) mass is 327 g/mol. The third kappa shape index (κ3) is 5.43. The maximum Gasteiger partial charge on any atom is 0.333 e. The van der Waals surface area contributed by atoms with Crippen molar-refractivity contribution in [1.29, 1.82) is 0 Å². The van der Waals surface area contributed by atoms with E-state index in [-0.39, 0.29) is 24.1 Å². The van der Waals surface area contributed by atoms with Gasteiger partial charge < -0.3 is 14.4 Å². The molecule has 1 heterocycles. The van der Waals surface area contributed by atoms with Gasteiger partial charge in [0.15, 0.2) is 0 Å². The van der Waals surface area contributed by atoms with E-state index in [2.05, 4.69) is 52.2 Å². The zero-order chi connectivity index (χ0) is 17.1. The Morgan fingerprint density at radius 2 is 1.86 bits per heavy atom. The number of ether oxygens (including phenoxy) is 2. The van der Waals surface area contributed by atoms with E-state index in [1.807, 2.05) is 7.05 Å². The molecule has 0 aromatic rings. The van der Waals surface area contributed by atoms with E-state index in [1.165, 1.54) is 0 Å². The molecule has 1 aliphatic heterocycles. The van der Waals surface area contributed by atoms with Crippen LogP contribution in [-0.2, 0) is 14.3 Å². The van der Waals surface area contributed by atoms with Crippen LogP contribution >= 0.6 is 0 Å². The van der Waals surface area contributed by atoms with Crippen LogP contribution in [-0.4, -0.2) is 50.8 Å². The second-order valence-corrected chi connectivity index (χ2v) is 13.6. The summed E-state index contributed by atoms with van der Waals surface area (Å²) in [6.45, 7) is 16.1. The van der Waals surface area contributed by atoms with Crippen LogP contribution in [0.1, 0.15) is 27.7 Å². The van der Waals surface area contributed by atoms with Gasteiger partial charge in [-0.3, -0.25) is 0 Å². The average molecular weight is 328 g/mol. The molecule has 1 aliphatic rings. The molecule has 0 saturated heterocycles. The SMILES string of the molecule is CC(C)[C@@H]1OC(=O)C=C(N(C)C(C)C)[C@@H]1OCC[Si](C)(C)C. The largest absolute Gasteiger partial charge is 0.456 e. The molecule has 0 bridgehead atoms. The summed E-state index contributed by atoms with van der Waals surface area (Å²) in [6, 6.07) is 1.43. The summed E-state index contributed by atoms with van der Waals surface area (Å²) in [5, 5.41) is 0. The normalized spacial score (nSPS) is 22.8. The van der Waals surface area contributed by atoms with E-state index in [1.54, 1.807) is 6.08 Å². The molecule has 0 spiro atoms. The summed E-state index contributed by atoms with van der Waals surface area (Å²) in [7, 11) is 0.874. The third-order valence-electron chi connectivity index (χ3n) is 4.10. The molecule has 0 amide bonds. The lowest BCUT2D eigenvalue weighted by Crippen LogP contribution is -2.47. The number of carbonyl (C=O) groups excluding carboxylic acids is 1. The number of rotatable bonds is 7. The van der Waals surface area contributed by atoms with Crippen molar-refractivity contribution in [2.75, 3.05) is 13.7 Å². The van der Waals surface area contributed by atoms with Crippen LogP contribution in [0.15, 0.2) is 11.8 Å². The Labute approximate surface area is 136 Å². The Bertz CT molecular complexity index is 413. The number of carbonyl (C=O) groups is 1. The van der Waals surface area contributed by atoms with Gasteiger partial charge in [0.25, 0.3) is 0 Å². The zero-order valence-corrected chi connectivity index (χ0v) is 16.5. The number of nitrogens with zero attached hydrogens (tertiary/aromatic N) is 1. The van der Waals surface area contributed by atoms with E-state index in [0.29, 0.717) is 6.04 Å². The summed E-state index contributed by atoms with van der Waals surface area (Å²) >= 11 is 0. The van der Waals surface area contributed by atoms with E-state index in [9.17, 15) is 4.79 Å². The molecule has 5 heteroatoms. The van der Waals surface area contributed by atoms with Crippen molar-refractivity contribution < 1.29 is 14.3 Å². The predicted molar refractivity (Wildman–Crippen MR) is 93.6 cm³/mol. The molecular weight excluding hydrogens is 294 g/mol. The third-order valence-corrected chi connectivity index (χ3v) is 5.80. The maximum absolute atomic E-state index is 11.9. The number of hydrogen-bond acceptors (Lipinski definition) is 4. The molecule has 22 heavy (non-hydrogen) atoms. The number of hydrogen-bond donors (Lipinski definition) is 0. The quantitative estimate of drug-likeness (QED) is 0.530. The van der Waals surface area contributed by atoms with Crippen molar-refractivity contribution in [3.8, 4) is 0 Å². The van der Waals surface area contributed by atoms with E-state index in [4.69, 9.17) is 9.47 Å². The lowest BCUT2D eigenvalue weighted by molar-refractivity contribution is -0.158. The van der Waals surface area contributed by atoms with E-state index < -0.39 is 8.07 Å². The van der Waals surface area contributed by atoms with Crippen LogP contribution in [0.2, 0.25) is 25.7 Å². The van der Waals surface area contributed by atoms with Crippen molar-refractivity contribution >= 4 is 14.0 Å².